The number of likely N-dealkylation sites (tertiary alicyclic amines) is 2. The second kappa shape index (κ2) is 29.3. The van der Waals surface area contributed by atoms with Crippen molar-refractivity contribution in [1.29, 1.82) is 0 Å². The van der Waals surface area contributed by atoms with E-state index in [1.165, 1.54) is 92.2 Å². The number of nitrogens with zero attached hydrogens (tertiary/aromatic N) is 2. The molecule has 15 unspecified atom stereocenters. The maximum Gasteiger partial charge on any atom is 0.0502 e. The molecule has 0 aromatic rings. The summed E-state index contributed by atoms with van der Waals surface area (Å²) in [5.74, 6) is 5.42. The summed E-state index contributed by atoms with van der Waals surface area (Å²) in [5, 5.41) is 0.465. The number of thiol groups is 1. The molecule has 3 rings (SSSR count). The van der Waals surface area contributed by atoms with Gasteiger partial charge in [0.2, 0.25) is 0 Å². The van der Waals surface area contributed by atoms with E-state index in [1.807, 2.05) is 0 Å². The highest BCUT2D eigenvalue weighted by atomic mass is 32.1. The second-order valence-corrected chi connectivity index (χ2v) is 24.8. The highest BCUT2D eigenvalue weighted by Gasteiger charge is 2.36. The first-order chi connectivity index (χ1) is 32.4. The van der Waals surface area contributed by atoms with Crippen LogP contribution < -0.4 is 11.5 Å². The number of nitrogens with two attached hydrogens (primary N) is 2. The molecule has 392 valence electrons. The first-order valence-corrected chi connectivity index (χ1v) is 28.8. The fourth-order valence-corrected chi connectivity index (χ4v) is 12.6. The summed E-state index contributed by atoms with van der Waals surface area (Å²) in [7, 11) is 0. The molecule has 5 heteroatoms. The van der Waals surface area contributed by atoms with Gasteiger partial charge in [-0.05, 0) is 182 Å². The first kappa shape index (κ1) is 60.8. The van der Waals surface area contributed by atoms with Gasteiger partial charge >= 0.3 is 0 Å². The molecule has 0 radical (unpaired) electrons. The Kier molecular flexibility index (Phi) is 25.8. The Hall–Kier alpha value is -2.47. The molecule has 2 aliphatic heterocycles. The Labute approximate surface area is 434 Å². The third kappa shape index (κ3) is 18.5. The molecule has 3 aliphatic rings. The molecule has 1 aliphatic carbocycles. The van der Waals surface area contributed by atoms with Crippen LogP contribution in [0.1, 0.15) is 193 Å². The quantitative estimate of drug-likeness (QED) is 0.0397. The van der Waals surface area contributed by atoms with Crippen molar-refractivity contribution in [2.24, 2.45) is 70.6 Å². The van der Waals surface area contributed by atoms with Crippen LogP contribution in [0.2, 0.25) is 0 Å². The maximum absolute atomic E-state index is 7.15. The molecule has 3 fully saturated rings. The maximum atomic E-state index is 7.15. The van der Waals surface area contributed by atoms with Crippen LogP contribution in [0, 0.1) is 59.2 Å². The number of rotatable bonds is 29. The average Bonchev–Trinajstić information content (AvgIpc) is 3.75. The van der Waals surface area contributed by atoms with Gasteiger partial charge in [-0.15, -0.1) is 0 Å². The van der Waals surface area contributed by atoms with Gasteiger partial charge in [-0.25, -0.2) is 0 Å². The topological polar surface area (TPSA) is 58.5 Å². The van der Waals surface area contributed by atoms with Crippen LogP contribution in [0.15, 0.2) is 109 Å². The minimum absolute atomic E-state index is 0.280. The SMILES string of the molecule is C=C(C(C)CC(C)/C=C/C=C/C=C(\C)C(CC(C)CCC(C)C(C)(N)C(=C)C(=C)N1CCCCC1C(=C)C)N1CCCC1=C)C(C)C(C)/C(C)=C/C(C)CCC(S)C(C)CC1CCC(N)C(CC)C1. The second-order valence-electron chi connectivity index (χ2n) is 24.2. The molecule has 0 spiro atoms. The van der Waals surface area contributed by atoms with Gasteiger partial charge in [-0.2, -0.15) is 12.6 Å². The Morgan fingerprint density at radius 3 is 2.14 bits per heavy atom. The van der Waals surface area contributed by atoms with Gasteiger partial charge in [0.1, 0.15) is 0 Å². The van der Waals surface area contributed by atoms with E-state index < -0.39 is 5.54 Å². The van der Waals surface area contributed by atoms with E-state index >= 15 is 0 Å². The van der Waals surface area contributed by atoms with Crippen molar-refractivity contribution >= 4 is 12.6 Å². The standard InChI is InChI=1S/C64H110N4S/c1-19-59-42-58(33-34-60(59)65)41-50(10)63(69)35-31-45(5)39-49(9)54(14)55(15)53(13)48(8)38-44(4)26-21-20-22-27-47(7)62(67-37-25-28-52(67)12)40-46(6)30-32-51(11)64(18,66)56(16)57(17)68-36-24-23-29-61(68)43(2)3/h20-22,26-27,39,44-46,48,50-51,54-55,58-63,69H,2,12-13,16-17,19,23-25,28-38,40-42,65-66H2,1,3-11,14-15,18H3/b22-20+,26-21+,47-27+,49-39+. The van der Waals surface area contributed by atoms with Gasteiger partial charge in [0.15, 0.2) is 0 Å². The Balaban J connectivity index is 1.49. The zero-order valence-electron chi connectivity index (χ0n) is 47.3. The van der Waals surface area contributed by atoms with Crippen molar-refractivity contribution in [3.63, 3.8) is 0 Å². The Bertz CT molecular complexity index is 1780. The van der Waals surface area contributed by atoms with Crippen molar-refractivity contribution in [2.45, 2.75) is 222 Å². The summed E-state index contributed by atoms with van der Waals surface area (Å²) in [6.07, 6.45) is 32.9. The summed E-state index contributed by atoms with van der Waals surface area (Å²) in [5.41, 5.74) is 21.8. The van der Waals surface area contributed by atoms with Crippen molar-refractivity contribution in [3.05, 3.63) is 109 Å². The van der Waals surface area contributed by atoms with Crippen molar-refractivity contribution in [1.82, 2.24) is 9.80 Å². The molecule has 4 nitrogen and oxygen atoms in total. The largest absolute Gasteiger partial charge is 0.369 e. The van der Waals surface area contributed by atoms with Crippen molar-refractivity contribution in [2.75, 3.05) is 13.1 Å². The summed E-state index contributed by atoms with van der Waals surface area (Å²) in [4.78, 5) is 5.00. The van der Waals surface area contributed by atoms with E-state index in [2.05, 4.69) is 169 Å². The summed E-state index contributed by atoms with van der Waals surface area (Å²) >= 11 is 5.14. The first-order valence-electron chi connectivity index (χ1n) is 28.3. The summed E-state index contributed by atoms with van der Waals surface area (Å²) in [6, 6.07) is 1.10. The zero-order chi connectivity index (χ0) is 51.7. The predicted octanol–water partition coefficient (Wildman–Crippen LogP) is 17.0. The Morgan fingerprint density at radius 1 is 0.812 bits per heavy atom. The third-order valence-electron chi connectivity index (χ3n) is 18.3. The minimum atomic E-state index is -0.528. The fourth-order valence-electron chi connectivity index (χ4n) is 12.3. The molecule has 2 heterocycles. The van der Waals surface area contributed by atoms with E-state index in [0.29, 0.717) is 70.7 Å². The predicted molar refractivity (Wildman–Crippen MR) is 311 cm³/mol. The summed E-state index contributed by atoms with van der Waals surface area (Å²) < 4.78 is 0. The molecule has 69 heavy (non-hydrogen) atoms. The highest BCUT2D eigenvalue weighted by molar-refractivity contribution is 7.81. The molecule has 0 aromatic heterocycles. The molecule has 0 bridgehead atoms. The third-order valence-corrected chi connectivity index (χ3v) is 19.0. The van der Waals surface area contributed by atoms with Crippen LogP contribution in [0.5, 0.6) is 0 Å². The lowest BCUT2D eigenvalue weighted by atomic mass is 9.73. The molecular formula is C64H110N4S. The van der Waals surface area contributed by atoms with Gasteiger partial charge < -0.3 is 21.3 Å². The molecule has 15 atom stereocenters. The highest BCUT2D eigenvalue weighted by Crippen LogP contribution is 2.39. The molecule has 2 saturated heterocycles. The summed E-state index contributed by atoms with van der Waals surface area (Å²) in [6.45, 7) is 55.0. The van der Waals surface area contributed by atoms with Crippen LogP contribution in [0.25, 0.3) is 0 Å². The van der Waals surface area contributed by atoms with Crippen LogP contribution in [-0.2, 0) is 0 Å². The molecule has 0 amide bonds. The normalized spacial score (nSPS) is 26.2. The van der Waals surface area contributed by atoms with Crippen LogP contribution in [-0.4, -0.2) is 51.8 Å². The van der Waals surface area contributed by atoms with E-state index in [9.17, 15) is 0 Å². The lowest BCUT2D eigenvalue weighted by Crippen LogP contribution is -2.49. The monoisotopic (exact) mass is 967 g/mol. The number of allylic oxidation sites excluding steroid dienone is 9. The molecular weight excluding hydrogens is 857 g/mol. The lowest BCUT2D eigenvalue weighted by molar-refractivity contribution is 0.199. The smallest absolute Gasteiger partial charge is 0.0502 e. The van der Waals surface area contributed by atoms with Gasteiger partial charge in [0.05, 0.1) is 6.04 Å². The Morgan fingerprint density at radius 2 is 1.51 bits per heavy atom. The molecule has 1 saturated carbocycles. The van der Waals surface area contributed by atoms with E-state index in [0.717, 1.165) is 68.8 Å². The number of piperidine rings is 1. The van der Waals surface area contributed by atoms with E-state index in [1.54, 1.807) is 0 Å². The lowest BCUT2D eigenvalue weighted by Gasteiger charge is -2.44. The van der Waals surface area contributed by atoms with Gasteiger partial charge in [0, 0.05) is 47.4 Å². The molecule has 4 N–H and O–H groups in total. The van der Waals surface area contributed by atoms with Gasteiger partial charge in [-0.3, -0.25) is 0 Å². The fraction of sp³-hybridized carbons (Fsp3) is 0.719. The average molecular weight is 968 g/mol. The molecule has 0 aromatic carbocycles. The van der Waals surface area contributed by atoms with Crippen LogP contribution in [0.4, 0.5) is 0 Å². The number of hydrogen-bond acceptors (Lipinski definition) is 5. The van der Waals surface area contributed by atoms with Gasteiger partial charge in [-0.1, -0.05) is 167 Å². The van der Waals surface area contributed by atoms with E-state index in [4.69, 9.17) is 24.1 Å². The van der Waals surface area contributed by atoms with Crippen LogP contribution in [0.3, 0.4) is 0 Å². The van der Waals surface area contributed by atoms with E-state index in [-0.39, 0.29) is 5.92 Å². The van der Waals surface area contributed by atoms with Crippen molar-refractivity contribution in [3.8, 4) is 0 Å². The van der Waals surface area contributed by atoms with Gasteiger partial charge in [0.25, 0.3) is 0 Å². The van der Waals surface area contributed by atoms with Crippen LogP contribution >= 0.6 is 12.6 Å². The van der Waals surface area contributed by atoms with Crippen molar-refractivity contribution < 1.29 is 0 Å². The zero-order valence-corrected chi connectivity index (χ0v) is 48.2. The number of hydrogen-bond donors (Lipinski definition) is 3. The minimum Gasteiger partial charge on any atom is -0.369 e.